The van der Waals surface area contributed by atoms with Crippen LogP contribution in [0, 0.1) is 6.92 Å². The summed E-state index contributed by atoms with van der Waals surface area (Å²) in [7, 11) is 0. The van der Waals surface area contributed by atoms with E-state index in [9.17, 15) is 5.11 Å². The molecule has 1 heterocycles. The standard InChI is InChI=1S/C18H16N4O/c1-13-20-16(14-7-3-2-4-8-14)11-18(21-13)22-19-12-15-9-5-6-10-17(15)23/h2-12,23H,1H3,(H,20,21,22)/b19-12+. The predicted molar refractivity (Wildman–Crippen MR) is 91.5 cm³/mol. The SMILES string of the molecule is Cc1nc(N/N=C/c2ccccc2O)cc(-c2ccccc2)n1. The highest BCUT2D eigenvalue weighted by Gasteiger charge is 2.03. The van der Waals surface area contributed by atoms with Crippen molar-refractivity contribution in [2.75, 3.05) is 5.43 Å². The Bertz CT molecular complexity index is 831. The summed E-state index contributed by atoms with van der Waals surface area (Å²) < 4.78 is 0. The average Bonchev–Trinajstić information content (AvgIpc) is 2.57. The van der Waals surface area contributed by atoms with E-state index in [-0.39, 0.29) is 5.75 Å². The van der Waals surface area contributed by atoms with Gasteiger partial charge in [0.15, 0.2) is 0 Å². The lowest BCUT2D eigenvalue weighted by atomic mass is 10.1. The Morgan fingerprint density at radius 2 is 1.74 bits per heavy atom. The second-order valence-corrected chi connectivity index (χ2v) is 4.98. The van der Waals surface area contributed by atoms with Gasteiger partial charge < -0.3 is 5.11 Å². The summed E-state index contributed by atoms with van der Waals surface area (Å²) in [4.78, 5) is 8.76. The molecule has 2 N–H and O–H groups in total. The Kier molecular flexibility index (Phi) is 4.29. The lowest BCUT2D eigenvalue weighted by Gasteiger charge is -2.05. The first-order chi connectivity index (χ1) is 11.2. The molecule has 0 aliphatic heterocycles. The largest absolute Gasteiger partial charge is 0.507 e. The minimum Gasteiger partial charge on any atom is -0.507 e. The number of phenolic OH excluding ortho intramolecular Hbond substituents is 1. The van der Waals surface area contributed by atoms with E-state index in [1.807, 2.05) is 49.4 Å². The van der Waals surface area contributed by atoms with Gasteiger partial charge in [-0.05, 0) is 19.1 Å². The fraction of sp³-hybridized carbons (Fsp3) is 0.0556. The summed E-state index contributed by atoms with van der Waals surface area (Å²) in [6.07, 6.45) is 1.55. The molecule has 1 aromatic heterocycles. The Hall–Kier alpha value is -3.21. The highest BCUT2D eigenvalue weighted by molar-refractivity contribution is 5.83. The van der Waals surface area contributed by atoms with Crippen LogP contribution in [0.25, 0.3) is 11.3 Å². The van der Waals surface area contributed by atoms with Crippen LogP contribution in [0.2, 0.25) is 0 Å². The molecule has 5 heteroatoms. The van der Waals surface area contributed by atoms with Crippen LogP contribution in [-0.2, 0) is 0 Å². The highest BCUT2D eigenvalue weighted by Crippen LogP contribution is 2.19. The number of aromatic hydroxyl groups is 1. The van der Waals surface area contributed by atoms with E-state index in [0.29, 0.717) is 17.2 Å². The number of benzene rings is 2. The second-order valence-electron chi connectivity index (χ2n) is 4.98. The van der Waals surface area contributed by atoms with Crippen LogP contribution in [0.4, 0.5) is 5.82 Å². The first-order valence-electron chi connectivity index (χ1n) is 7.20. The predicted octanol–water partition coefficient (Wildman–Crippen LogP) is 3.60. The van der Waals surface area contributed by atoms with E-state index in [0.717, 1.165) is 11.3 Å². The number of phenols is 1. The molecule has 0 saturated carbocycles. The van der Waals surface area contributed by atoms with E-state index in [2.05, 4.69) is 20.5 Å². The number of anilines is 1. The van der Waals surface area contributed by atoms with Crippen molar-refractivity contribution in [3.05, 3.63) is 72.1 Å². The van der Waals surface area contributed by atoms with Crippen LogP contribution >= 0.6 is 0 Å². The van der Waals surface area contributed by atoms with E-state index in [1.54, 1.807) is 24.4 Å². The molecule has 0 fully saturated rings. The van der Waals surface area contributed by atoms with Gasteiger partial charge in [0.1, 0.15) is 17.4 Å². The van der Waals surface area contributed by atoms with Crippen LogP contribution < -0.4 is 5.43 Å². The maximum Gasteiger partial charge on any atom is 0.150 e. The van der Waals surface area contributed by atoms with Crippen LogP contribution in [0.3, 0.4) is 0 Å². The van der Waals surface area contributed by atoms with E-state index >= 15 is 0 Å². The number of rotatable bonds is 4. The first kappa shape index (κ1) is 14.7. The third-order valence-electron chi connectivity index (χ3n) is 3.23. The number of aryl methyl sites for hydroxylation is 1. The van der Waals surface area contributed by atoms with Gasteiger partial charge in [-0.1, -0.05) is 42.5 Å². The lowest BCUT2D eigenvalue weighted by molar-refractivity contribution is 0.474. The van der Waals surface area contributed by atoms with Gasteiger partial charge >= 0.3 is 0 Å². The summed E-state index contributed by atoms with van der Waals surface area (Å²) >= 11 is 0. The zero-order chi connectivity index (χ0) is 16.1. The molecule has 2 aromatic carbocycles. The van der Waals surface area contributed by atoms with Crippen molar-refractivity contribution in [2.24, 2.45) is 5.10 Å². The monoisotopic (exact) mass is 304 g/mol. The van der Waals surface area contributed by atoms with Crippen LogP contribution in [0.5, 0.6) is 5.75 Å². The van der Waals surface area contributed by atoms with Crippen molar-refractivity contribution < 1.29 is 5.11 Å². The highest BCUT2D eigenvalue weighted by atomic mass is 16.3. The van der Waals surface area contributed by atoms with Crippen molar-refractivity contribution in [3.63, 3.8) is 0 Å². The zero-order valence-corrected chi connectivity index (χ0v) is 12.6. The van der Waals surface area contributed by atoms with Crippen molar-refractivity contribution >= 4 is 12.0 Å². The number of nitrogens with zero attached hydrogens (tertiary/aromatic N) is 3. The third kappa shape index (κ3) is 3.71. The molecule has 114 valence electrons. The summed E-state index contributed by atoms with van der Waals surface area (Å²) in [6, 6.07) is 18.7. The Morgan fingerprint density at radius 1 is 1.00 bits per heavy atom. The molecule has 0 amide bonds. The molecule has 5 nitrogen and oxygen atoms in total. The number of hydrogen-bond acceptors (Lipinski definition) is 5. The van der Waals surface area contributed by atoms with Crippen molar-refractivity contribution in [1.29, 1.82) is 0 Å². The number of para-hydroxylation sites is 1. The molecule has 0 unspecified atom stereocenters. The Balaban J connectivity index is 1.81. The molecule has 0 radical (unpaired) electrons. The quantitative estimate of drug-likeness (QED) is 0.570. The first-order valence-corrected chi connectivity index (χ1v) is 7.20. The number of hydrogen-bond donors (Lipinski definition) is 2. The normalized spacial score (nSPS) is 10.8. The van der Waals surface area contributed by atoms with Gasteiger partial charge in [-0.2, -0.15) is 5.10 Å². The summed E-state index contributed by atoms with van der Waals surface area (Å²) in [5, 5.41) is 13.8. The molecule has 23 heavy (non-hydrogen) atoms. The molecule has 0 aliphatic rings. The van der Waals surface area contributed by atoms with Crippen LogP contribution in [0.1, 0.15) is 11.4 Å². The lowest BCUT2D eigenvalue weighted by Crippen LogP contribution is -1.98. The van der Waals surface area contributed by atoms with Crippen molar-refractivity contribution in [3.8, 4) is 17.0 Å². The maximum absolute atomic E-state index is 9.70. The second kappa shape index (κ2) is 6.70. The summed E-state index contributed by atoms with van der Waals surface area (Å²) in [5.74, 6) is 1.44. The Morgan fingerprint density at radius 3 is 2.52 bits per heavy atom. The average molecular weight is 304 g/mol. The fourth-order valence-electron chi connectivity index (χ4n) is 2.15. The fourth-order valence-corrected chi connectivity index (χ4v) is 2.15. The van der Waals surface area contributed by atoms with Gasteiger partial charge in [0, 0.05) is 17.2 Å². The van der Waals surface area contributed by atoms with Crippen LogP contribution in [0.15, 0.2) is 65.8 Å². The van der Waals surface area contributed by atoms with Gasteiger partial charge in [-0.3, -0.25) is 5.43 Å². The summed E-state index contributed by atoms with van der Waals surface area (Å²) in [6.45, 7) is 1.84. The molecular formula is C18H16N4O. The van der Waals surface area contributed by atoms with Gasteiger partial charge in [-0.15, -0.1) is 0 Å². The third-order valence-corrected chi connectivity index (χ3v) is 3.23. The van der Waals surface area contributed by atoms with Gasteiger partial charge in [0.25, 0.3) is 0 Å². The number of hydrazone groups is 1. The molecule has 0 bridgehead atoms. The minimum absolute atomic E-state index is 0.182. The minimum atomic E-state index is 0.182. The molecule has 0 atom stereocenters. The van der Waals surface area contributed by atoms with Crippen molar-refractivity contribution in [2.45, 2.75) is 6.92 Å². The van der Waals surface area contributed by atoms with Crippen molar-refractivity contribution in [1.82, 2.24) is 9.97 Å². The smallest absolute Gasteiger partial charge is 0.150 e. The number of nitrogens with one attached hydrogen (secondary N) is 1. The maximum atomic E-state index is 9.70. The molecule has 3 aromatic rings. The number of aromatic nitrogens is 2. The molecular weight excluding hydrogens is 288 g/mol. The topological polar surface area (TPSA) is 70.4 Å². The molecule has 0 saturated heterocycles. The van der Waals surface area contributed by atoms with E-state index in [4.69, 9.17) is 0 Å². The van der Waals surface area contributed by atoms with Gasteiger partial charge in [-0.25, -0.2) is 9.97 Å². The van der Waals surface area contributed by atoms with Gasteiger partial charge in [0.2, 0.25) is 0 Å². The molecule has 0 spiro atoms. The Labute approximate surface area is 134 Å². The molecule has 0 aliphatic carbocycles. The molecule has 3 rings (SSSR count). The van der Waals surface area contributed by atoms with Crippen LogP contribution in [-0.4, -0.2) is 21.3 Å². The summed E-state index contributed by atoms with van der Waals surface area (Å²) in [5.41, 5.74) is 5.36. The van der Waals surface area contributed by atoms with E-state index in [1.165, 1.54) is 0 Å². The zero-order valence-electron chi connectivity index (χ0n) is 12.6. The van der Waals surface area contributed by atoms with Gasteiger partial charge in [0.05, 0.1) is 11.9 Å². The van der Waals surface area contributed by atoms with E-state index < -0.39 is 0 Å².